The van der Waals surface area contributed by atoms with Gasteiger partial charge in [-0.2, -0.15) is 5.10 Å². The Morgan fingerprint density at radius 1 is 1.47 bits per heavy atom. The molecule has 1 saturated heterocycles. The third-order valence-corrected chi connectivity index (χ3v) is 3.61. The standard InChI is InChI=1S/C14H17N3O2/c18-14(12-5-9-19-11-12)17-8-2-1-4-13(17)10-16-7-3-6-15-16/h3,5-7,9,11,13H,1-2,4,8,10H2/t13-/m0/s1. The molecule has 3 heterocycles. The molecule has 0 aromatic carbocycles. The van der Waals surface area contributed by atoms with Crippen molar-refractivity contribution in [2.75, 3.05) is 6.54 Å². The van der Waals surface area contributed by atoms with Gasteiger partial charge in [0.05, 0.1) is 24.4 Å². The van der Waals surface area contributed by atoms with E-state index in [1.807, 2.05) is 21.8 Å². The molecule has 1 atom stereocenters. The molecule has 1 amide bonds. The van der Waals surface area contributed by atoms with E-state index in [2.05, 4.69) is 5.10 Å². The summed E-state index contributed by atoms with van der Waals surface area (Å²) in [6.07, 6.45) is 10.0. The van der Waals surface area contributed by atoms with Crippen molar-refractivity contribution in [3.63, 3.8) is 0 Å². The Kier molecular flexibility index (Phi) is 3.35. The molecule has 0 bridgehead atoms. The van der Waals surface area contributed by atoms with Crippen molar-refractivity contribution in [1.82, 2.24) is 14.7 Å². The van der Waals surface area contributed by atoms with Gasteiger partial charge in [-0.15, -0.1) is 0 Å². The summed E-state index contributed by atoms with van der Waals surface area (Å²) >= 11 is 0. The number of carbonyl (C=O) groups excluding carboxylic acids is 1. The summed E-state index contributed by atoms with van der Waals surface area (Å²) in [5, 5.41) is 4.23. The molecule has 3 rings (SSSR count). The Labute approximate surface area is 111 Å². The molecule has 100 valence electrons. The van der Waals surface area contributed by atoms with E-state index in [1.54, 1.807) is 18.5 Å². The van der Waals surface area contributed by atoms with Crippen LogP contribution in [0.3, 0.4) is 0 Å². The maximum absolute atomic E-state index is 12.4. The number of likely N-dealkylation sites (tertiary alicyclic amines) is 1. The van der Waals surface area contributed by atoms with Gasteiger partial charge in [-0.25, -0.2) is 0 Å². The van der Waals surface area contributed by atoms with Gasteiger partial charge in [-0.3, -0.25) is 9.48 Å². The fourth-order valence-electron chi connectivity index (χ4n) is 2.63. The monoisotopic (exact) mass is 259 g/mol. The molecule has 0 saturated carbocycles. The van der Waals surface area contributed by atoms with E-state index < -0.39 is 0 Å². The molecule has 0 N–H and O–H groups in total. The summed E-state index contributed by atoms with van der Waals surface area (Å²) in [5.41, 5.74) is 0.632. The molecule has 0 spiro atoms. The van der Waals surface area contributed by atoms with Crippen molar-refractivity contribution in [2.24, 2.45) is 0 Å². The van der Waals surface area contributed by atoms with Gasteiger partial charge in [0, 0.05) is 18.9 Å². The van der Waals surface area contributed by atoms with E-state index >= 15 is 0 Å². The topological polar surface area (TPSA) is 51.3 Å². The third kappa shape index (κ3) is 2.54. The number of amides is 1. The molecule has 0 unspecified atom stereocenters. The first-order chi connectivity index (χ1) is 9.34. The number of nitrogens with zero attached hydrogens (tertiary/aromatic N) is 3. The lowest BCUT2D eigenvalue weighted by Gasteiger charge is -2.35. The van der Waals surface area contributed by atoms with Gasteiger partial charge in [0.1, 0.15) is 6.26 Å². The summed E-state index contributed by atoms with van der Waals surface area (Å²) in [5.74, 6) is 0.0607. The molecular formula is C14H17N3O2. The zero-order chi connectivity index (χ0) is 13.1. The highest BCUT2D eigenvalue weighted by Crippen LogP contribution is 2.21. The SMILES string of the molecule is O=C(c1ccoc1)N1CCCC[C@H]1Cn1cccn1. The molecule has 5 nitrogen and oxygen atoms in total. The Balaban J connectivity index is 1.75. The van der Waals surface area contributed by atoms with Gasteiger partial charge < -0.3 is 9.32 Å². The molecular weight excluding hydrogens is 242 g/mol. The Hall–Kier alpha value is -2.04. The lowest BCUT2D eigenvalue weighted by molar-refractivity contribution is 0.0583. The number of piperidine rings is 1. The van der Waals surface area contributed by atoms with E-state index in [1.165, 1.54) is 12.7 Å². The lowest BCUT2D eigenvalue weighted by atomic mass is 10.0. The van der Waals surface area contributed by atoms with Crippen LogP contribution >= 0.6 is 0 Å². The van der Waals surface area contributed by atoms with Gasteiger partial charge in [-0.1, -0.05) is 0 Å². The molecule has 1 aliphatic rings. The average Bonchev–Trinajstić information content (AvgIpc) is 3.11. The van der Waals surface area contributed by atoms with Crippen LogP contribution in [0.25, 0.3) is 0 Å². The number of rotatable bonds is 3. The Morgan fingerprint density at radius 3 is 3.16 bits per heavy atom. The summed E-state index contributed by atoms with van der Waals surface area (Å²) in [4.78, 5) is 14.4. The summed E-state index contributed by atoms with van der Waals surface area (Å²) in [6, 6.07) is 3.85. The maximum Gasteiger partial charge on any atom is 0.257 e. The molecule has 0 radical (unpaired) electrons. The van der Waals surface area contributed by atoms with Gasteiger partial charge >= 0.3 is 0 Å². The largest absolute Gasteiger partial charge is 0.472 e. The predicted octanol–water partition coefficient (Wildman–Crippen LogP) is 2.17. The summed E-state index contributed by atoms with van der Waals surface area (Å²) in [7, 11) is 0. The first-order valence-electron chi connectivity index (χ1n) is 6.65. The first kappa shape index (κ1) is 12.0. The predicted molar refractivity (Wildman–Crippen MR) is 69.6 cm³/mol. The lowest BCUT2D eigenvalue weighted by Crippen LogP contribution is -2.45. The fourth-order valence-corrected chi connectivity index (χ4v) is 2.63. The Morgan fingerprint density at radius 2 is 2.42 bits per heavy atom. The highest BCUT2D eigenvalue weighted by Gasteiger charge is 2.28. The zero-order valence-electron chi connectivity index (χ0n) is 10.7. The first-order valence-corrected chi connectivity index (χ1v) is 6.65. The third-order valence-electron chi connectivity index (χ3n) is 3.61. The minimum atomic E-state index is 0.0607. The molecule has 2 aromatic heterocycles. The average molecular weight is 259 g/mol. The zero-order valence-corrected chi connectivity index (χ0v) is 10.7. The van der Waals surface area contributed by atoms with E-state index in [4.69, 9.17) is 4.42 Å². The van der Waals surface area contributed by atoms with Gasteiger partial charge in [0.25, 0.3) is 5.91 Å². The van der Waals surface area contributed by atoms with Crippen molar-refractivity contribution < 1.29 is 9.21 Å². The second-order valence-electron chi connectivity index (χ2n) is 4.89. The van der Waals surface area contributed by atoms with E-state index in [0.29, 0.717) is 5.56 Å². The summed E-state index contributed by atoms with van der Waals surface area (Å²) in [6.45, 7) is 1.58. The van der Waals surface area contributed by atoms with Crippen LogP contribution in [0.4, 0.5) is 0 Å². The van der Waals surface area contributed by atoms with Crippen LogP contribution in [0.5, 0.6) is 0 Å². The van der Waals surface area contributed by atoms with Gasteiger partial charge in [0.2, 0.25) is 0 Å². The van der Waals surface area contributed by atoms with E-state index in [9.17, 15) is 4.79 Å². The maximum atomic E-state index is 12.4. The number of aromatic nitrogens is 2. The highest BCUT2D eigenvalue weighted by atomic mass is 16.3. The molecule has 19 heavy (non-hydrogen) atoms. The van der Waals surface area contributed by atoms with E-state index in [0.717, 1.165) is 25.9 Å². The quantitative estimate of drug-likeness (QED) is 0.848. The molecule has 1 aliphatic heterocycles. The summed E-state index contributed by atoms with van der Waals surface area (Å²) < 4.78 is 6.90. The van der Waals surface area contributed by atoms with Crippen LogP contribution in [0.1, 0.15) is 29.6 Å². The van der Waals surface area contributed by atoms with Crippen molar-refractivity contribution in [3.8, 4) is 0 Å². The van der Waals surface area contributed by atoms with Gasteiger partial charge in [0.15, 0.2) is 0 Å². The highest BCUT2D eigenvalue weighted by molar-refractivity contribution is 5.94. The number of hydrogen-bond acceptors (Lipinski definition) is 3. The van der Waals surface area contributed by atoms with Crippen LogP contribution in [0.15, 0.2) is 41.5 Å². The Bertz CT molecular complexity index is 519. The van der Waals surface area contributed by atoms with E-state index in [-0.39, 0.29) is 11.9 Å². The van der Waals surface area contributed by atoms with Gasteiger partial charge in [-0.05, 0) is 31.4 Å². The molecule has 2 aromatic rings. The van der Waals surface area contributed by atoms with Crippen molar-refractivity contribution in [1.29, 1.82) is 0 Å². The number of furan rings is 1. The van der Waals surface area contributed by atoms with Crippen molar-refractivity contribution in [2.45, 2.75) is 31.8 Å². The second-order valence-corrected chi connectivity index (χ2v) is 4.89. The molecule has 1 fully saturated rings. The smallest absolute Gasteiger partial charge is 0.257 e. The number of hydrogen-bond donors (Lipinski definition) is 0. The fraction of sp³-hybridized carbons (Fsp3) is 0.429. The van der Waals surface area contributed by atoms with Crippen LogP contribution in [0.2, 0.25) is 0 Å². The molecule has 0 aliphatic carbocycles. The molecule has 5 heteroatoms. The normalized spacial score (nSPS) is 19.6. The second kappa shape index (κ2) is 5.30. The minimum absolute atomic E-state index is 0.0607. The van der Waals surface area contributed by atoms with Crippen molar-refractivity contribution in [3.05, 3.63) is 42.6 Å². The van der Waals surface area contributed by atoms with Crippen LogP contribution in [-0.2, 0) is 6.54 Å². The van der Waals surface area contributed by atoms with Crippen LogP contribution < -0.4 is 0 Å². The van der Waals surface area contributed by atoms with Crippen molar-refractivity contribution >= 4 is 5.91 Å². The minimum Gasteiger partial charge on any atom is -0.472 e. The van der Waals surface area contributed by atoms with Crippen LogP contribution in [-0.4, -0.2) is 33.2 Å². The van der Waals surface area contributed by atoms with Crippen LogP contribution in [0, 0.1) is 0 Å². The number of carbonyl (C=O) groups is 1.